The van der Waals surface area contributed by atoms with E-state index in [1.54, 1.807) is 93.6 Å². The van der Waals surface area contributed by atoms with Gasteiger partial charge in [0.15, 0.2) is 29.8 Å². The number of Topliss-reactive ketones (excluding diaryl/α,β-unsaturated/α-hetero) is 1. The number of hydrogen-bond acceptors (Lipinski definition) is 17. The Balaban J connectivity index is 1.21. The molecule has 7 unspecified atom stereocenters. The molecule has 9 rings (SSSR count). The lowest BCUT2D eigenvalue weighted by Gasteiger charge is -2.67. The highest BCUT2D eigenvalue weighted by molar-refractivity contribution is 6.77. The molecule has 4 aromatic carbocycles. The van der Waals surface area contributed by atoms with E-state index >= 15 is 14.4 Å². The minimum Gasteiger partial charge on any atom is -0.497 e. The molecule has 0 aromatic heterocycles. The molecule has 3 aliphatic carbocycles. The van der Waals surface area contributed by atoms with Crippen LogP contribution in [-0.4, -0.2) is 140 Å². The number of hydrogen-bond donors (Lipinski definition) is 1. The molecular formula is C62H69Cl2NO17Si. The molecule has 2 heterocycles. The highest BCUT2D eigenvalue weighted by Gasteiger charge is 2.79. The fourth-order valence-electron chi connectivity index (χ4n) is 13.3. The molecule has 21 heteroatoms. The Morgan fingerprint density at radius 1 is 0.795 bits per heavy atom. The van der Waals surface area contributed by atoms with Gasteiger partial charge in [0.05, 0.1) is 45.3 Å². The number of ketones is 1. The third kappa shape index (κ3) is 11.1. The van der Waals surface area contributed by atoms with Crippen molar-refractivity contribution in [2.45, 2.75) is 133 Å². The van der Waals surface area contributed by atoms with Crippen LogP contribution in [0.2, 0.25) is 19.6 Å². The van der Waals surface area contributed by atoms with Gasteiger partial charge < -0.3 is 47.7 Å². The van der Waals surface area contributed by atoms with Crippen LogP contribution in [-0.2, 0) is 61.9 Å². The Morgan fingerprint density at radius 2 is 1.40 bits per heavy atom. The van der Waals surface area contributed by atoms with E-state index in [0.29, 0.717) is 16.9 Å². The zero-order chi connectivity index (χ0) is 60.0. The zero-order valence-corrected chi connectivity index (χ0v) is 50.2. The van der Waals surface area contributed by atoms with Gasteiger partial charge in [-0.15, -0.1) is 23.2 Å². The molecule has 0 radical (unpaired) electrons. The Morgan fingerprint density at radius 3 is 1.96 bits per heavy atom. The molecular weight excluding hydrogens is 1130 g/mol. The third-order valence-corrected chi connectivity index (χ3v) is 20.6. The van der Waals surface area contributed by atoms with Crippen LogP contribution >= 0.6 is 23.2 Å². The van der Waals surface area contributed by atoms with Gasteiger partial charge in [-0.3, -0.25) is 24.1 Å². The number of fused-ring (bicyclic) bond motifs is 5. The molecule has 0 spiro atoms. The Bertz CT molecular complexity index is 3140. The van der Waals surface area contributed by atoms with Crippen molar-refractivity contribution >= 4 is 73.0 Å². The van der Waals surface area contributed by atoms with E-state index in [0.717, 1.165) is 12.5 Å². The van der Waals surface area contributed by atoms with E-state index in [9.17, 15) is 24.3 Å². The smallest absolute Gasteiger partial charge is 0.412 e. The number of amides is 1. The fourth-order valence-corrected chi connectivity index (χ4v) is 15.2. The third-order valence-electron chi connectivity index (χ3n) is 17.6. The molecule has 2 aliphatic heterocycles. The van der Waals surface area contributed by atoms with Crippen LogP contribution in [0, 0.1) is 16.7 Å². The normalized spacial score (nSPS) is 30.1. The first kappa shape index (κ1) is 61.0. The van der Waals surface area contributed by atoms with Crippen molar-refractivity contribution in [3.63, 3.8) is 0 Å². The van der Waals surface area contributed by atoms with Crippen LogP contribution in [0.15, 0.2) is 126 Å². The van der Waals surface area contributed by atoms with E-state index < -0.39 is 145 Å². The molecule has 18 nitrogen and oxygen atoms in total. The van der Waals surface area contributed by atoms with Gasteiger partial charge in [0.2, 0.25) is 0 Å². The number of alkyl halides is 2. The Kier molecular flexibility index (Phi) is 17.5. The van der Waals surface area contributed by atoms with Crippen molar-refractivity contribution in [1.29, 1.82) is 0 Å². The van der Waals surface area contributed by atoms with Gasteiger partial charge in [-0.1, -0.05) is 124 Å². The number of ether oxygens (including phenoxy) is 9. The van der Waals surface area contributed by atoms with E-state index in [1.807, 2.05) is 30.3 Å². The molecule has 1 N–H and O–H groups in total. The predicted octanol–water partition coefficient (Wildman–Crippen LogP) is 9.16. The van der Waals surface area contributed by atoms with Gasteiger partial charge in [-0.05, 0) is 60.4 Å². The topological polar surface area (TPSA) is 226 Å². The molecule has 1 amide bonds. The molecule has 2 saturated heterocycles. The molecule has 2 bridgehead atoms. The molecule has 13 atom stereocenters. The van der Waals surface area contributed by atoms with Crippen LogP contribution in [0.3, 0.4) is 0 Å². The number of esters is 5. The highest BCUT2D eigenvalue weighted by Crippen LogP contribution is 2.65. The van der Waals surface area contributed by atoms with Crippen LogP contribution in [0.5, 0.6) is 5.75 Å². The average Bonchev–Trinajstić information content (AvgIpc) is 1.15. The van der Waals surface area contributed by atoms with Crippen molar-refractivity contribution in [1.82, 2.24) is 4.90 Å². The van der Waals surface area contributed by atoms with Gasteiger partial charge in [-0.25, -0.2) is 14.4 Å². The van der Waals surface area contributed by atoms with Crippen molar-refractivity contribution < 1.29 is 81.3 Å². The minimum atomic E-state index is -2.51. The first-order valence-electron chi connectivity index (χ1n) is 27.5. The summed E-state index contributed by atoms with van der Waals surface area (Å²) in [5.41, 5.74) is -6.46. The van der Waals surface area contributed by atoms with Crippen LogP contribution < -0.4 is 4.74 Å². The van der Waals surface area contributed by atoms with E-state index in [2.05, 4.69) is 19.6 Å². The lowest BCUT2D eigenvalue weighted by atomic mass is 9.44. The van der Waals surface area contributed by atoms with Crippen LogP contribution in [0.25, 0.3) is 0 Å². The van der Waals surface area contributed by atoms with Gasteiger partial charge in [-0.2, -0.15) is 0 Å². The summed E-state index contributed by atoms with van der Waals surface area (Å²) >= 11 is 12.2. The monoisotopic (exact) mass is 1200 g/mol. The summed E-state index contributed by atoms with van der Waals surface area (Å²) in [6, 6.07) is 31.9. The van der Waals surface area contributed by atoms with Crippen molar-refractivity contribution in [2.24, 2.45) is 16.7 Å². The number of benzene rings is 4. The lowest BCUT2D eigenvalue weighted by molar-refractivity contribution is -0.346. The van der Waals surface area contributed by atoms with Gasteiger partial charge in [0.1, 0.15) is 53.6 Å². The van der Waals surface area contributed by atoms with Crippen molar-refractivity contribution in [2.75, 3.05) is 32.1 Å². The summed E-state index contributed by atoms with van der Waals surface area (Å²) in [6.07, 6.45) is -12.6. The summed E-state index contributed by atoms with van der Waals surface area (Å²) in [6.45, 7) is 13.4. The van der Waals surface area contributed by atoms with Gasteiger partial charge >= 0.3 is 35.9 Å². The van der Waals surface area contributed by atoms with Crippen LogP contribution in [0.1, 0.15) is 92.3 Å². The van der Waals surface area contributed by atoms with Gasteiger partial charge in [0.25, 0.3) is 0 Å². The minimum absolute atomic E-state index is 0.00989. The summed E-state index contributed by atoms with van der Waals surface area (Å²) in [4.78, 5) is 104. The zero-order valence-electron chi connectivity index (χ0n) is 47.7. The standard InChI is InChI=1S/C62H69Cl2NO17Si/c1-35-42(77-57(71)51-49(38-21-15-11-16-22-38)65(55(80-51)39-25-27-41(74-6)28-26-39)58(72)75-33-43(83(7,8)9)37-19-13-10-14-20-37)30-62(73)54(81-56(70)40-23-17-12-18-24-40)52-60(5,53(69)50(79-47(68)32-64)48(35)59(62,3)4)44(78-46(67)31-63)29-45-61(52,34-76-45)82-36(2)66/h10-28,42-45,49-52,54-55,73H,29-34H2,1-9H3/t42-,43?,44-,45+,49?,50?,51?,52?,54?,55?,60+,61-,62+/m0/s1. The average molecular weight is 1200 g/mol. The number of carbonyl (C=O) groups is 7. The maximum absolute atomic E-state index is 16.3. The second-order valence-electron chi connectivity index (χ2n) is 23.6. The number of rotatable bonds is 16. The number of halogens is 2. The summed E-state index contributed by atoms with van der Waals surface area (Å²) in [7, 11) is -0.559. The predicted molar refractivity (Wildman–Crippen MR) is 304 cm³/mol. The van der Waals surface area contributed by atoms with Gasteiger partial charge in [0, 0.05) is 36.3 Å². The van der Waals surface area contributed by atoms with Crippen LogP contribution in [0.4, 0.5) is 4.79 Å². The largest absolute Gasteiger partial charge is 0.497 e. The fraction of sp³-hybridized carbons (Fsp3) is 0.468. The van der Waals surface area contributed by atoms with E-state index in [4.69, 9.17) is 65.8 Å². The molecule has 4 fully saturated rings. The maximum atomic E-state index is 16.3. The summed E-state index contributed by atoms with van der Waals surface area (Å²) in [5.74, 6) is -8.34. The molecule has 2 saturated carbocycles. The SMILES string of the molecule is COc1ccc(C2OC(C(=O)O[C@H]3C[C@@]4(O)C(OC(=O)c5ccccc5)C5[C@](C)(C(=O)C(OC(=O)CCl)C(=C3C)C4(C)C)[C@@H](OC(=O)CCl)C[C@H]3OC[C@@]53OC(C)=O)C(c3ccccc3)N2C(=O)OCC(c2ccccc2)[Si](C)(C)C)cc1. The molecule has 442 valence electrons. The quantitative estimate of drug-likeness (QED) is 0.0363. The lowest BCUT2D eigenvalue weighted by Crippen LogP contribution is -2.82. The molecule has 5 aliphatic rings. The highest BCUT2D eigenvalue weighted by atomic mass is 35.5. The second kappa shape index (κ2) is 23.8. The van der Waals surface area contributed by atoms with Crippen molar-refractivity contribution in [3.05, 3.63) is 149 Å². The Hall–Kier alpha value is -6.61. The number of methoxy groups -OCH3 is 1. The second-order valence-corrected chi connectivity index (χ2v) is 29.6. The number of aliphatic hydroxyl groups is 1. The number of nitrogens with zero attached hydrogens (tertiary/aromatic N) is 1. The first-order chi connectivity index (χ1) is 39.4. The number of carbonyl (C=O) groups excluding carboxylic acids is 7. The molecule has 4 aromatic rings. The van der Waals surface area contributed by atoms with E-state index in [1.165, 1.54) is 31.1 Å². The van der Waals surface area contributed by atoms with Crippen molar-refractivity contribution in [3.8, 4) is 5.75 Å². The summed E-state index contributed by atoms with van der Waals surface area (Å²) in [5, 5.41) is 14.3. The summed E-state index contributed by atoms with van der Waals surface area (Å²) < 4.78 is 56.3. The van der Waals surface area contributed by atoms with E-state index in [-0.39, 0.29) is 41.9 Å². The maximum Gasteiger partial charge on any atom is 0.412 e. The molecule has 83 heavy (non-hydrogen) atoms. The Labute approximate surface area is 492 Å². The first-order valence-corrected chi connectivity index (χ1v) is 32.1.